The van der Waals surface area contributed by atoms with Crippen LogP contribution in [0.25, 0.3) is 0 Å². The number of benzene rings is 3. The topological polar surface area (TPSA) is 58.6 Å². The number of hydrogen-bond acceptors (Lipinski definition) is 3. The van der Waals surface area contributed by atoms with Gasteiger partial charge in [0.1, 0.15) is 17.6 Å². The van der Waals surface area contributed by atoms with Crippen molar-refractivity contribution in [3.63, 3.8) is 0 Å². The molecule has 0 bridgehead atoms. The number of amides is 2. The molecule has 1 N–H and O–H groups in total. The Labute approximate surface area is 221 Å². The summed E-state index contributed by atoms with van der Waals surface area (Å²) < 4.78 is 18.9. The van der Waals surface area contributed by atoms with Crippen LogP contribution in [0.3, 0.4) is 0 Å². The van der Waals surface area contributed by atoms with Gasteiger partial charge in [0.25, 0.3) is 5.91 Å². The fourth-order valence-corrected chi connectivity index (χ4v) is 4.07. The summed E-state index contributed by atoms with van der Waals surface area (Å²) in [5.41, 5.74) is 1.02. The van der Waals surface area contributed by atoms with E-state index in [0.717, 1.165) is 5.56 Å². The molecule has 0 aliphatic rings. The number of carbonyl (C=O) groups is 2. The van der Waals surface area contributed by atoms with E-state index in [0.29, 0.717) is 21.4 Å². The van der Waals surface area contributed by atoms with E-state index >= 15 is 0 Å². The van der Waals surface area contributed by atoms with Gasteiger partial charge in [0, 0.05) is 28.5 Å². The summed E-state index contributed by atoms with van der Waals surface area (Å²) in [5, 5.41) is 3.84. The molecule has 1 unspecified atom stereocenters. The third kappa shape index (κ3) is 8.25. The highest BCUT2D eigenvalue weighted by Crippen LogP contribution is 2.24. The Kier molecular flexibility index (Phi) is 9.35. The standard InChI is InChI=1S/C28H29Cl2FN2O3/c1-28(2,3)32-27(35)25(15-19-7-5-4-6-8-19)33(17-20-9-10-21(29)16-24(20)30)26(34)18-36-23-13-11-22(31)12-14-23/h4-14,16,25H,15,17-18H2,1-3H3,(H,32,35). The van der Waals surface area contributed by atoms with Gasteiger partial charge in [-0.1, -0.05) is 59.6 Å². The number of ether oxygens (including phenoxy) is 1. The first kappa shape index (κ1) is 27.5. The zero-order valence-electron chi connectivity index (χ0n) is 20.4. The highest BCUT2D eigenvalue weighted by atomic mass is 35.5. The Balaban J connectivity index is 1.95. The van der Waals surface area contributed by atoms with Crippen LogP contribution in [0.2, 0.25) is 10.0 Å². The van der Waals surface area contributed by atoms with Gasteiger partial charge in [-0.2, -0.15) is 0 Å². The van der Waals surface area contributed by atoms with Crippen LogP contribution in [0, 0.1) is 5.82 Å². The van der Waals surface area contributed by atoms with E-state index < -0.39 is 23.3 Å². The Bertz CT molecular complexity index is 1180. The van der Waals surface area contributed by atoms with Crippen LogP contribution in [0.4, 0.5) is 4.39 Å². The van der Waals surface area contributed by atoms with Crippen LogP contribution in [0.5, 0.6) is 5.75 Å². The second-order valence-electron chi connectivity index (χ2n) is 9.44. The van der Waals surface area contributed by atoms with E-state index in [1.165, 1.54) is 29.2 Å². The lowest BCUT2D eigenvalue weighted by Crippen LogP contribution is -2.55. The first-order chi connectivity index (χ1) is 17.0. The van der Waals surface area contributed by atoms with Gasteiger partial charge >= 0.3 is 0 Å². The van der Waals surface area contributed by atoms with Crippen molar-refractivity contribution in [1.29, 1.82) is 0 Å². The van der Waals surface area contributed by atoms with Gasteiger partial charge in [-0.05, 0) is 68.3 Å². The highest BCUT2D eigenvalue weighted by molar-refractivity contribution is 6.35. The Morgan fingerprint density at radius 3 is 2.28 bits per heavy atom. The molecule has 0 saturated carbocycles. The summed E-state index contributed by atoms with van der Waals surface area (Å²) in [6, 6.07) is 19.0. The maximum atomic E-state index is 13.5. The number of hydrogen-bond donors (Lipinski definition) is 1. The Hall–Kier alpha value is -3.09. The number of nitrogens with zero attached hydrogens (tertiary/aromatic N) is 1. The third-order valence-electron chi connectivity index (χ3n) is 5.30. The predicted molar refractivity (Wildman–Crippen MR) is 141 cm³/mol. The van der Waals surface area contributed by atoms with E-state index in [1.807, 2.05) is 51.1 Å². The Morgan fingerprint density at radius 2 is 1.67 bits per heavy atom. The molecule has 0 spiro atoms. The lowest BCUT2D eigenvalue weighted by atomic mass is 10.0. The monoisotopic (exact) mass is 530 g/mol. The van der Waals surface area contributed by atoms with Crippen LogP contribution in [0.15, 0.2) is 72.8 Å². The van der Waals surface area contributed by atoms with E-state index in [2.05, 4.69) is 5.32 Å². The van der Waals surface area contributed by atoms with Gasteiger partial charge in [0.15, 0.2) is 6.61 Å². The van der Waals surface area contributed by atoms with Gasteiger partial charge in [0.2, 0.25) is 5.91 Å². The first-order valence-electron chi connectivity index (χ1n) is 11.5. The molecule has 0 heterocycles. The summed E-state index contributed by atoms with van der Waals surface area (Å²) in [5.74, 6) is -0.788. The smallest absolute Gasteiger partial charge is 0.261 e. The van der Waals surface area contributed by atoms with Crippen molar-refractivity contribution in [3.8, 4) is 5.75 Å². The van der Waals surface area contributed by atoms with E-state index in [1.54, 1.807) is 18.2 Å². The van der Waals surface area contributed by atoms with Crippen LogP contribution in [0.1, 0.15) is 31.9 Å². The second kappa shape index (κ2) is 12.2. The zero-order chi connectivity index (χ0) is 26.3. The van der Waals surface area contributed by atoms with Gasteiger partial charge in [0.05, 0.1) is 0 Å². The van der Waals surface area contributed by atoms with Crippen molar-refractivity contribution >= 4 is 35.0 Å². The minimum Gasteiger partial charge on any atom is -0.484 e. The summed E-state index contributed by atoms with van der Waals surface area (Å²) in [6.45, 7) is 5.36. The SMILES string of the molecule is CC(C)(C)NC(=O)C(Cc1ccccc1)N(Cc1ccc(Cl)cc1Cl)C(=O)COc1ccc(F)cc1. The first-order valence-corrected chi connectivity index (χ1v) is 12.2. The summed E-state index contributed by atoms with van der Waals surface area (Å²) in [7, 11) is 0. The average molecular weight is 531 g/mol. The fraction of sp³-hybridized carbons (Fsp3) is 0.286. The second-order valence-corrected chi connectivity index (χ2v) is 10.3. The normalized spacial score (nSPS) is 12.1. The van der Waals surface area contributed by atoms with Crippen LogP contribution < -0.4 is 10.1 Å². The molecule has 0 radical (unpaired) electrons. The average Bonchev–Trinajstić information content (AvgIpc) is 2.81. The summed E-state index contributed by atoms with van der Waals surface area (Å²) in [4.78, 5) is 28.5. The van der Waals surface area contributed by atoms with Gasteiger partial charge in [-0.3, -0.25) is 9.59 Å². The molecule has 0 aromatic heterocycles. The lowest BCUT2D eigenvalue weighted by molar-refractivity contribution is -0.143. The van der Waals surface area contributed by atoms with Gasteiger partial charge < -0.3 is 15.0 Å². The van der Waals surface area contributed by atoms with E-state index in [9.17, 15) is 14.0 Å². The largest absolute Gasteiger partial charge is 0.484 e. The van der Waals surface area contributed by atoms with E-state index in [-0.39, 0.29) is 25.5 Å². The molecule has 0 aliphatic heterocycles. The van der Waals surface area contributed by atoms with Crippen molar-refractivity contribution in [2.75, 3.05) is 6.61 Å². The summed E-state index contributed by atoms with van der Waals surface area (Å²) >= 11 is 12.5. The maximum Gasteiger partial charge on any atom is 0.261 e. The molecule has 8 heteroatoms. The molecular weight excluding hydrogens is 502 g/mol. The quantitative estimate of drug-likeness (QED) is 0.365. The zero-order valence-corrected chi connectivity index (χ0v) is 21.9. The fourth-order valence-electron chi connectivity index (χ4n) is 3.60. The number of rotatable bonds is 9. The lowest BCUT2D eigenvalue weighted by Gasteiger charge is -2.34. The number of nitrogens with one attached hydrogen (secondary N) is 1. The van der Waals surface area contributed by atoms with Crippen molar-refractivity contribution in [2.45, 2.75) is 45.3 Å². The highest BCUT2D eigenvalue weighted by Gasteiger charge is 2.32. The minimum atomic E-state index is -0.845. The van der Waals surface area contributed by atoms with Crippen molar-refractivity contribution in [2.24, 2.45) is 0 Å². The molecule has 190 valence electrons. The molecule has 5 nitrogen and oxygen atoms in total. The Morgan fingerprint density at radius 1 is 1.00 bits per heavy atom. The molecule has 1 atom stereocenters. The van der Waals surface area contributed by atoms with Crippen LogP contribution in [-0.4, -0.2) is 34.9 Å². The molecule has 0 aliphatic carbocycles. The minimum absolute atomic E-state index is 0.0661. The molecule has 3 rings (SSSR count). The molecule has 0 saturated heterocycles. The summed E-state index contributed by atoms with van der Waals surface area (Å²) in [6.07, 6.45) is 0.288. The molecule has 3 aromatic carbocycles. The molecule has 2 amide bonds. The number of carbonyl (C=O) groups excluding carboxylic acids is 2. The maximum absolute atomic E-state index is 13.5. The molecule has 3 aromatic rings. The van der Waals surface area contributed by atoms with Crippen LogP contribution >= 0.6 is 23.2 Å². The van der Waals surface area contributed by atoms with Crippen molar-refractivity contribution < 1.29 is 18.7 Å². The van der Waals surface area contributed by atoms with E-state index in [4.69, 9.17) is 27.9 Å². The molecular formula is C28H29Cl2FN2O3. The predicted octanol–water partition coefficient (Wildman–Crippen LogP) is 6.07. The van der Waals surface area contributed by atoms with Gasteiger partial charge in [-0.15, -0.1) is 0 Å². The van der Waals surface area contributed by atoms with Crippen molar-refractivity contribution in [3.05, 3.63) is 99.8 Å². The molecule has 36 heavy (non-hydrogen) atoms. The third-order valence-corrected chi connectivity index (χ3v) is 5.89. The number of halogens is 3. The van der Waals surface area contributed by atoms with Gasteiger partial charge in [-0.25, -0.2) is 4.39 Å². The van der Waals surface area contributed by atoms with Crippen molar-refractivity contribution in [1.82, 2.24) is 10.2 Å². The molecule has 0 fully saturated rings. The van der Waals surface area contributed by atoms with Crippen LogP contribution in [-0.2, 0) is 22.6 Å².